The van der Waals surface area contributed by atoms with Gasteiger partial charge in [0.2, 0.25) is 0 Å². The molecule has 0 saturated carbocycles. The van der Waals surface area contributed by atoms with E-state index in [0.29, 0.717) is 6.42 Å². The fourth-order valence-electron chi connectivity index (χ4n) is 1.97. The summed E-state index contributed by atoms with van der Waals surface area (Å²) < 4.78 is 4.75. The van der Waals surface area contributed by atoms with E-state index in [4.69, 9.17) is 4.74 Å². The minimum atomic E-state index is -0.306. The molecule has 0 bridgehead atoms. The number of methoxy groups -OCH3 is 1. The summed E-state index contributed by atoms with van der Waals surface area (Å²) in [5.74, 6) is -0.238. The van der Waals surface area contributed by atoms with Crippen LogP contribution in [0.25, 0.3) is 10.9 Å². The molecular formula is C13H16N2O2. The number of benzene rings is 1. The van der Waals surface area contributed by atoms with E-state index in [1.54, 1.807) is 7.05 Å². The highest BCUT2D eigenvalue weighted by Crippen LogP contribution is 2.19. The predicted octanol–water partition coefficient (Wildman–Crippen LogP) is 1.47. The molecule has 0 radical (unpaired) electrons. The lowest BCUT2D eigenvalue weighted by Crippen LogP contribution is -2.36. The second-order valence-electron chi connectivity index (χ2n) is 3.93. The van der Waals surface area contributed by atoms with Crippen LogP contribution < -0.4 is 5.32 Å². The molecule has 1 heterocycles. The Labute approximate surface area is 100.0 Å². The Morgan fingerprint density at radius 3 is 2.94 bits per heavy atom. The van der Waals surface area contributed by atoms with Gasteiger partial charge in [-0.25, -0.2) is 0 Å². The van der Waals surface area contributed by atoms with E-state index >= 15 is 0 Å². The van der Waals surface area contributed by atoms with Gasteiger partial charge in [-0.15, -0.1) is 0 Å². The van der Waals surface area contributed by atoms with Crippen LogP contribution in [0.1, 0.15) is 5.56 Å². The Bertz CT molecular complexity index is 519. The average Bonchev–Trinajstić information content (AvgIpc) is 2.78. The third kappa shape index (κ3) is 2.31. The number of carbonyl (C=O) groups excluding carboxylic acids is 1. The summed E-state index contributed by atoms with van der Waals surface area (Å²) >= 11 is 0. The molecule has 1 unspecified atom stereocenters. The van der Waals surface area contributed by atoms with Crippen molar-refractivity contribution in [3.63, 3.8) is 0 Å². The van der Waals surface area contributed by atoms with Crippen molar-refractivity contribution in [2.75, 3.05) is 14.2 Å². The van der Waals surface area contributed by atoms with Crippen LogP contribution in [0, 0.1) is 0 Å². The maximum absolute atomic E-state index is 11.5. The van der Waals surface area contributed by atoms with Crippen LogP contribution in [0.2, 0.25) is 0 Å². The lowest BCUT2D eigenvalue weighted by Gasteiger charge is -2.12. The Morgan fingerprint density at radius 2 is 2.24 bits per heavy atom. The first-order valence-corrected chi connectivity index (χ1v) is 5.56. The zero-order chi connectivity index (χ0) is 12.3. The molecule has 2 N–H and O–H groups in total. The lowest BCUT2D eigenvalue weighted by atomic mass is 10.1. The highest BCUT2D eigenvalue weighted by atomic mass is 16.5. The van der Waals surface area contributed by atoms with Crippen LogP contribution >= 0.6 is 0 Å². The fourth-order valence-corrected chi connectivity index (χ4v) is 1.97. The highest BCUT2D eigenvalue weighted by Gasteiger charge is 2.18. The van der Waals surface area contributed by atoms with Crippen molar-refractivity contribution < 1.29 is 9.53 Å². The second kappa shape index (κ2) is 5.01. The van der Waals surface area contributed by atoms with Crippen molar-refractivity contribution in [1.29, 1.82) is 0 Å². The Morgan fingerprint density at radius 1 is 1.47 bits per heavy atom. The van der Waals surface area contributed by atoms with Gasteiger partial charge in [0.25, 0.3) is 0 Å². The first-order chi connectivity index (χ1) is 8.26. The number of likely N-dealkylation sites (N-methyl/N-ethyl adjacent to an activating group) is 1. The van der Waals surface area contributed by atoms with Gasteiger partial charge in [-0.1, -0.05) is 18.2 Å². The van der Waals surface area contributed by atoms with Crippen molar-refractivity contribution >= 4 is 16.9 Å². The molecule has 90 valence electrons. The van der Waals surface area contributed by atoms with Crippen LogP contribution in [0.5, 0.6) is 0 Å². The molecule has 17 heavy (non-hydrogen) atoms. The van der Waals surface area contributed by atoms with Gasteiger partial charge in [-0.3, -0.25) is 4.79 Å². The van der Waals surface area contributed by atoms with E-state index in [0.717, 1.165) is 16.5 Å². The summed E-state index contributed by atoms with van der Waals surface area (Å²) in [7, 11) is 3.17. The molecule has 0 fully saturated rings. The minimum Gasteiger partial charge on any atom is -0.468 e. The standard InChI is InChI=1S/C13H16N2O2/c1-14-12(13(16)17-2)7-9-8-15-11-6-4-3-5-10(9)11/h3-6,8,12,14-15H,7H2,1-2H3. The van der Waals surface area contributed by atoms with Crippen LogP contribution in [-0.4, -0.2) is 31.2 Å². The zero-order valence-electron chi connectivity index (χ0n) is 9.99. The first kappa shape index (κ1) is 11.7. The normalized spacial score (nSPS) is 12.6. The van der Waals surface area contributed by atoms with Gasteiger partial charge in [0, 0.05) is 23.5 Å². The number of aromatic amines is 1. The molecule has 0 aliphatic rings. The van der Waals surface area contributed by atoms with Crippen LogP contribution in [0.3, 0.4) is 0 Å². The number of H-pyrrole nitrogens is 1. The fraction of sp³-hybridized carbons (Fsp3) is 0.308. The van der Waals surface area contributed by atoms with Crippen molar-refractivity contribution in [3.8, 4) is 0 Å². The Balaban J connectivity index is 2.25. The van der Waals surface area contributed by atoms with E-state index in [1.165, 1.54) is 7.11 Å². The summed E-state index contributed by atoms with van der Waals surface area (Å²) in [5.41, 5.74) is 2.20. The topological polar surface area (TPSA) is 54.1 Å². The minimum absolute atomic E-state index is 0.238. The molecule has 0 saturated heterocycles. The highest BCUT2D eigenvalue weighted by molar-refractivity contribution is 5.84. The van der Waals surface area contributed by atoms with E-state index in [-0.39, 0.29) is 12.0 Å². The van der Waals surface area contributed by atoms with Gasteiger partial charge in [-0.05, 0) is 18.7 Å². The van der Waals surface area contributed by atoms with Crippen LogP contribution in [-0.2, 0) is 16.0 Å². The van der Waals surface area contributed by atoms with Gasteiger partial charge >= 0.3 is 5.97 Å². The van der Waals surface area contributed by atoms with Gasteiger partial charge < -0.3 is 15.0 Å². The third-order valence-corrected chi connectivity index (χ3v) is 2.93. The third-order valence-electron chi connectivity index (χ3n) is 2.93. The Kier molecular flexibility index (Phi) is 3.44. The molecule has 4 nitrogen and oxygen atoms in total. The number of carbonyl (C=O) groups is 1. The van der Waals surface area contributed by atoms with E-state index < -0.39 is 0 Å². The van der Waals surface area contributed by atoms with Gasteiger partial charge in [-0.2, -0.15) is 0 Å². The number of para-hydroxylation sites is 1. The van der Waals surface area contributed by atoms with Gasteiger partial charge in [0.05, 0.1) is 7.11 Å². The second-order valence-corrected chi connectivity index (χ2v) is 3.93. The SMILES string of the molecule is CNC(Cc1c[nH]c2ccccc12)C(=O)OC. The average molecular weight is 232 g/mol. The molecule has 1 aromatic heterocycles. The van der Waals surface area contributed by atoms with E-state index in [9.17, 15) is 4.79 Å². The number of esters is 1. The molecule has 0 spiro atoms. The molecule has 2 rings (SSSR count). The lowest BCUT2D eigenvalue weighted by molar-refractivity contribution is -0.142. The summed E-state index contributed by atoms with van der Waals surface area (Å²) in [6.45, 7) is 0. The summed E-state index contributed by atoms with van der Waals surface area (Å²) in [6.07, 6.45) is 2.56. The molecule has 2 aromatic rings. The van der Waals surface area contributed by atoms with Crippen molar-refractivity contribution in [1.82, 2.24) is 10.3 Å². The number of hydrogen-bond acceptors (Lipinski definition) is 3. The quantitative estimate of drug-likeness (QED) is 0.785. The monoisotopic (exact) mass is 232 g/mol. The van der Waals surface area contributed by atoms with Crippen molar-refractivity contribution in [2.45, 2.75) is 12.5 Å². The van der Waals surface area contributed by atoms with E-state index in [1.807, 2.05) is 30.5 Å². The molecule has 1 atom stereocenters. The largest absolute Gasteiger partial charge is 0.468 e. The number of nitrogens with one attached hydrogen (secondary N) is 2. The molecule has 4 heteroatoms. The summed E-state index contributed by atoms with van der Waals surface area (Å²) in [6, 6.07) is 7.74. The number of hydrogen-bond donors (Lipinski definition) is 2. The number of ether oxygens (including phenoxy) is 1. The maximum atomic E-state index is 11.5. The molecule has 1 aromatic carbocycles. The molecular weight excluding hydrogens is 216 g/mol. The van der Waals surface area contributed by atoms with Gasteiger partial charge in [0.15, 0.2) is 0 Å². The maximum Gasteiger partial charge on any atom is 0.323 e. The van der Waals surface area contributed by atoms with Crippen molar-refractivity contribution in [2.24, 2.45) is 0 Å². The first-order valence-electron chi connectivity index (χ1n) is 5.56. The van der Waals surface area contributed by atoms with Crippen molar-refractivity contribution in [3.05, 3.63) is 36.0 Å². The number of rotatable bonds is 4. The molecule has 0 aliphatic heterocycles. The molecule has 0 amide bonds. The predicted molar refractivity (Wildman–Crippen MR) is 66.9 cm³/mol. The number of fused-ring (bicyclic) bond motifs is 1. The van der Waals surface area contributed by atoms with E-state index in [2.05, 4.69) is 10.3 Å². The Hall–Kier alpha value is -1.81. The van der Waals surface area contributed by atoms with Crippen LogP contribution in [0.15, 0.2) is 30.5 Å². The summed E-state index contributed by atoms with van der Waals surface area (Å²) in [4.78, 5) is 14.7. The zero-order valence-corrected chi connectivity index (χ0v) is 9.99. The van der Waals surface area contributed by atoms with Gasteiger partial charge in [0.1, 0.15) is 6.04 Å². The molecule has 0 aliphatic carbocycles. The number of aromatic nitrogens is 1. The smallest absolute Gasteiger partial charge is 0.323 e. The van der Waals surface area contributed by atoms with Crippen LogP contribution in [0.4, 0.5) is 0 Å². The summed E-state index contributed by atoms with van der Waals surface area (Å²) in [5, 5.41) is 4.12.